The fraction of sp³-hybridized carbons (Fsp3) is 0.643. The highest BCUT2D eigenvalue weighted by Crippen LogP contribution is 2.26. The summed E-state index contributed by atoms with van der Waals surface area (Å²) < 4.78 is 0. The number of rotatable bonds is 4. The Morgan fingerprint density at radius 2 is 1.94 bits per heavy atom. The van der Waals surface area contributed by atoms with Crippen LogP contribution >= 0.6 is 0 Å². The Hall–Kier alpha value is -0.890. The smallest absolute Gasteiger partial charge is 0.0271 e. The molecule has 0 amide bonds. The van der Waals surface area contributed by atoms with Crippen molar-refractivity contribution in [1.82, 2.24) is 10.3 Å². The lowest BCUT2D eigenvalue weighted by Crippen LogP contribution is -2.34. The summed E-state index contributed by atoms with van der Waals surface area (Å²) in [6.45, 7) is 3.30. The van der Waals surface area contributed by atoms with Crippen molar-refractivity contribution in [3.05, 3.63) is 30.1 Å². The summed E-state index contributed by atoms with van der Waals surface area (Å²) in [5.41, 5.74) is 1.33. The number of pyridine rings is 1. The molecule has 1 N–H and O–H groups in total. The highest BCUT2D eigenvalue weighted by molar-refractivity contribution is 5.09. The third-order valence-corrected chi connectivity index (χ3v) is 3.73. The molecule has 1 aromatic rings. The Kier molecular flexibility index (Phi) is 4.34. The van der Waals surface area contributed by atoms with Crippen LogP contribution in [0.15, 0.2) is 24.5 Å². The molecule has 1 aromatic heterocycles. The van der Waals surface area contributed by atoms with Crippen LogP contribution in [0.2, 0.25) is 0 Å². The topological polar surface area (TPSA) is 24.9 Å². The molecular formula is C14H22N2. The number of aromatic nitrogens is 1. The number of nitrogens with one attached hydrogen (secondary N) is 1. The standard InChI is InChI=1S/C14H22N2/c1-12(14-5-3-2-4-6-14)16-11-13-7-9-15-10-8-13/h7-10,12,14,16H,2-6,11H2,1H3/t12-/m1/s1. The van der Waals surface area contributed by atoms with Gasteiger partial charge in [-0.1, -0.05) is 19.3 Å². The lowest BCUT2D eigenvalue weighted by atomic mass is 9.84. The van der Waals surface area contributed by atoms with Crippen LogP contribution in [0.1, 0.15) is 44.6 Å². The Labute approximate surface area is 98.5 Å². The molecule has 0 aromatic carbocycles. The minimum atomic E-state index is 0.647. The summed E-state index contributed by atoms with van der Waals surface area (Å²) in [5, 5.41) is 3.64. The van der Waals surface area contributed by atoms with Crippen LogP contribution in [-0.4, -0.2) is 11.0 Å². The summed E-state index contributed by atoms with van der Waals surface area (Å²) in [5.74, 6) is 0.885. The third kappa shape index (κ3) is 3.31. The van der Waals surface area contributed by atoms with E-state index in [-0.39, 0.29) is 0 Å². The molecule has 0 bridgehead atoms. The van der Waals surface area contributed by atoms with Crippen LogP contribution in [0.5, 0.6) is 0 Å². The van der Waals surface area contributed by atoms with Gasteiger partial charge in [-0.2, -0.15) is 0 Å². The molecule has 1 heterocycles. The Morgan fingerprint density at radius 3 is 2.62 bits per heavy atom. The summed E-state index contributed by atoms with van der Waals surface area (Å²) in [6.07, 6.45) is 10.8. The maximum atomic E-state index is 4.03. The molecule has 2 heteroatoms. The van der Waals surface area contributed by atoms with Crippen LogP contribution in [0, 0.1) is 5.92 Å². The van der Waals surface area contributed by atoms with Crippen molar-refractivity contribution in [2.24, 2.45) is 5.92 Å². The van der Waals surface area contributed by atoms with Crippen molar-refractivity contribution >= 4 is 0 Å². The van der Waals surface area contributed by atoms with Gasteiger partial charge in [-0.05, 0) is 43.4 Å². The van der Waals surface area contributed by atoms with Crippen molar-refractivity contribution in [1.29, 1.82) is 0 Å². The van der Waals surface area contributed by atoms with Gasteiger partial charge in [0.1, 0.15) is 0 Å². The fourth-order valence-electron chi connectivity index (χ4n) is 2.58. The monoisotopic (exact) mass is 218 g/mol. The molecule has 2 nitrogen and oxygen atoms in total. The average molecular weight is 218 g/mol. The first-order chi connectivity index (χ1) is 7.86. The minimum Gasteiger partial charge on any atom is -0.310 e. The van der Waals surface area contributed by atoms with Gasteiger partial charge in [0, 0.05) is 25.0 Å². The molecule has 0 aliphatic heterocycles. The molecular weight excluding hydrogens is 196 g/mol. The van der Waals surface area contributed by atoms with Crippen LogP contribution < -0.4 is 5.32 Å². The van der Waals surface area contributed by atoms with E-state index in [1.807, 2.05) is 12.4 Å². The first-order valence-corrected chi connectivity index (χ1v) is 6.48. The van der Waals surface area contributed by atoms with E-state index in [0.717, 1.165) is 12.5 Å². The fourth-order valence-corrected chi connectivity index (χ4v) is 2.58. The molecule has 0 radical (unpaired) electrons. The van der Waals surface area contributed by atoms with Crippen molar-refractivity contribution in [2.75, 3.05) is 0 Å². The zero-order valence-electron chi connectivity index (χ0n) is 10.2. The molecule has 16 heavy (non-hydrogen) atoms. The highest BCUT2D eigenvalue weighted by Gasteiger charge is 2.19. The molecule has 1 aliphatic carbocycles. The summed E-state index contributed by atoms with van der Waals surface area (Å²) in [7, 11) is 0. The Balaban J connectivity index is 1.76. The lowest BCUT2D eigenvalue weighted by Gasteiger charge is -2.28. The maximum Gasteiger partial charge on any atom is 0.0271 e. The molecule has 1 aliphatic rings. The van der Waals surface area contributed by atoms with Gasteiger partial charge in [-0.15, -0.1) is 0 Å². The first kappa shape index (κ1) is 11.6. The SMILES string of the molecule is C[C@@H](NCc1ccncc1)C1CCCCC1. The van der Waals surface area contributed by atoms with Crippen molar-refractivity contribution in [2.45, 2.75) is 51.6 Å². The number of hydrogen-bond acceptors (Lipinski definition) is 2. The molecule has 2 rings (SSSR count). The molecule has 1 saturated carbocycles. The molecule has 0 unspecified atom stereocenters. The Morgan fingerprint density at radius 1 is 1.25 bits per heavy atom. The summed E-state index contributed by atoms with van der Waals surface area (Å²) in [6, 6.07) is 4.81. The predicted octanol–water partition coefficient (Wildman–Crippen LogP) is 3.14. The largest absolute Gasteiger partial charge is 0.310 e. The van der Waals surface area contributed by atoms with Gasteiger partial charge in [0.25, 0.3) is 0 Å². The van der Waals surface area contributed by atoms with E-state index in [9.17, 15) is 0 Å². The van der Waals surface area contributed by atoms with Gasteiger partial charge < -0.3 is 5.32 Å². The van der Waals surface area contributed by atoms with Crippen molar-refractivity contribution in [3.63, 3.8) is 0 Å². The normalized spacial score (nSPS) is 19.6. The molecule has 1 atom stereocenters. The predicted molar refractivity (Wildman–Crippen MR) is 67.1 cm³/mol. The molecule has 88 valence electrons. The van der Waals surface area contributed by atoms with Crippen molar-refractivity contribution < 1.29 is 0 Å². The van der Waals surface area contributed by atoms with Gasteiger partial charge in [-0.25, -0.2) is 0 Å². The van der Waals surface area contributed by atoms with E-state index < -0.39 is 0 Å². The van der Waals surface area contributed by atoms with E-state index >= 15 is 0 Å². The molecule has 0 spiro atoms. The van der Waals surface area contributed by atoms with E-state index in [2.05, 4.69) is 29.4 Å². The minimum absolute atomic E-state index is 0.647. The summed E-state index contributed by atoms with van der Waals surface area (Å²) >= 11 is 0. The highest BCUT2D eigenvalue weighted by atomic mass is 14.9. The third-order valence-electron chi connectivity index (χ3n) is 3.73. The van der Waals surface area contributed by atoms with E-state index in [4.69, 9.17) is 0 Å². The maximum absolute atomic E-state index is 4.03. The zero-order valence-corrected chi connectivity index (χ0v) is 10.2. The van der Waals surface area contributed by atoms with Gasteiger partial charge in [-0.3, -0.25) is 4.98 Å². The molecule has 0 saturated heterocycles. The first-order valence-electron chi connectivity index (χ1n) is 6.48. The lowest BCUT2D eigenvalue weighted by molar-refractivity contribution is 0.280. The second-order valence-electron chi connectivity index (χ2n) is 4.92. The number of nitrogens with zero attached hydrogens (tertiary/aromatic N) is 1. The number of hydrogen-bond donors (Lipinski definition) is 1. The quantitative estimate of drug-likeness (QED) is 0.839. The van der Waals surface area contributed by atoms with E-state index in [1.54, 1.807) is 0 Å². The van der Waals surface area contributed by atoms with Gasteiger partial charge in [0.2, 0.25) is 0 Å². The second-order valence-corrected chi connectivity index (χ2v) is 4.92. The second kappa shape index (κ2) is 6.00. The van der Waals surface area contributed by atoms with E-state index in [1.165, 1.54) is 37.7 Å². The van der Waals surface area contributed by atoms with Gasteiger partial charge >= 0.3 is 0 Å². The van der Waals surface area contributed by atoms with Crippen LogP contribution in [0.25, 0.3) is 0 Å². The van der Waals surface area contributed by atoms with Crippen LogP contribution in [-0.2, 0) is 6.54 Å². The molecule has 1 fully saturated rings. The Bertz CT molecular complexity index is 291. The van der Waals surface area contributed by atoms with E-state index in [0.29, 0.717) is 6.04 Å². The summed E-state index contributed by atoms with van der Waals surface area (Å²) in [4.78, 5) is 4.03. The van der Waals surface area contributed by atoms with Crippen LogP contribution in [0.4, 0.5) is 0 Å². The van der Waals surface area contributed by atoms with Crippen molar-refractivity contribution in [3.8, 4) is 0 Å². The van der Waals surface area contributed by atoms with Crippen LogP contribution in [0.3, 0.4) is 0 Å². The average Bonchev–Trinajstić information content (AvgIpc) is 2.38. The zero-order chi connectivity index (χ0) is 11.2. The van der Waals surface area contributed by atoms with Gasteiger partial charge in [0.15, 0.2) is 0 Å². The van der Waals surface area contributed by atoms with Gasteiger partial charge in [0.05, 0.1) is 0 Å².